The van der Waals surface area contributed by atoms with Crippen LogP contribution in [0.25, 0.3) is 0 Å². The van der Waals surface area contributed by atoms with Gasteiger partial charge in [-0.3, -0.25) is 14.4 Å². The van der Waals surface area contributed by atoms with E-state index in [9.17, 15) is 14.4 Å². The first-order chi connectivity index (χ1) is 11.9. The molecular weight excluding hydrogens is 322 g/mol. The van der Waals surface area contributed by atoms with Gasteiger partial charge in [0.2, 0.25) is 11.8 Å². The van der Waals surface area contributed by atoms with Gasteiger partial charge in [-0.1, -0.05) is 12.1 Å². The molecule has 2 rings (SSSR count). The van der Waals surface area contributed by atoms with E-state index < -0.39 is 0 Å². The van der Waals surface area contributed by atoms with E-state index in [-0.39, 0.29) is 24.3 Å². The third kappa shape index (κ3) is 5.98. The van der Waals surface area contributed by atoms with Crippen molar-refractivity contribution in [3.05, 3.63) is 48.5 Å². The number of ether oxygens (including phenoxy) is 1. The molecule has 0 saturated heterocycles. The van der Waals surface area contributed by atoms with Crippen LogP contribution in [0.1, 0.15) is 13.8 Å². The van der Waals surface area contributed by atoms with Gasteiger partial charge in [-0.25, -0.2) is 0 Å². The van der Waals surface area contributed by atoms with Crippen LogP contribution in [0.4, 0.5) is 17.1 Å². The third-order valence-corrected chi connectivity index (χ3v) is 3.05. The van der Waals surface area contributed by atoms with Crippen LogP contribution in [0.3, 0.4) is 0 Å². The number of nitrogens with one attached hydrogen (secondary N) is 3. The summed E-state index contributed by atoms with van der Waals surface area (Å²) in [5.41, 5.74) is 1.73. The molecule has 7 heteroatoms. The number of para-hydroxylation sites is 2. The van der Waals surface area contributed by atoms with Gasteiger partial charge in [0.25, 0.3) is 5.91 Å². The zero-order chi connectivity index (χ0) is 18.2. The van der Waals surface area contributed by atoms with Gasteiger partial charge in [-0.05, 0) is 36.4 Å². The fraction of sp³-hybridized carbons (Fsp3) is 0.167. The predicted molar refractivity (Wildman–Crippen MR) is 95.6 cm³/mol. The van der Waals surface area contributed by atoms with Crippen molar-refractivity contribution < 1.29 is 19.1 Å². The van der Waals surface area contributed by atoms with Crippen molar-refractivity contribution in [3.8, 4) is 5.75 Å². The lowest BCUT2D eigenvalue weighted by Crippen LogP contribution is -2.20. The number of benzene rings is 2. The Bertz CT molecular complexity index is 772. The molecule has 0 aliphatic carbocycles. The van der Waals surface area contributed by atoms with Crippen molar-refractivity contribution >= 4 is 34.8 Å². The van der Waals surface area contributed by atoms with Crippen molar-refractivity contribution in [1.29, 1.82) is 0 Å². The average Bonchev–Trinajstić information content (AvgIpc) is 2.55. The lowest BCUT2D eigenvalue weighted by molar-refractivity contribution is -0.118. The molecule has 130 valence electrons. The SMILES string of the molecule is CC(=O)Nc1ccc(NC(=O)COc2ccccc2NC(C)=O)cc1. The van der Waals surface area contributed by atoms with E-state index in [2.05, 4.69) is 16.0 Å². The van der Waals surface area contributed by atoms with Crippen molar-refractivity contribution in [3.63, 3.8) is 0 Å². The normalized spacial score (nSPS) is 9.84. The first-order valence-corrected chi connectivity index (χ1v) is 7.61. The summed E-state index contributed by atoms with van der Waals surface area (Å²) in [6.07, 6.45) is 0. The van der Waals surface area contributed by atoms with Crippen LogP contribution in [0, 0.1) is 0 Å². The molecule has 0 radical (unpaired) electrons. The molecule has 0 fully saturated rings. The van der Waals surface area contributed by atoms with Crippen molar-refractivity contribution in [1.82, 2.24) is 0 Å². The molecule has 0 atom stereocenters. The van der Waals surface area contributed by atoms with E-state index in [0.29, 0.717) is 22.8 Å². The molecule has 3 amide bonds. The highest BCUT2D eigenvalue weighted by molar-refractivity contribution is 5.93. The highest BCUT2D eigenvalue weighted by Gasteiger charge is 2.08. The summed E-state index contributed by atoms with van der Waals surface area (Å²) in [6.45, 7) is 2.62. The Kier molecular flexibility index (Phi) is 6.11. The van der Waals surface area contributed by atoms with Crippen LogP contribution in [0.15, 0.2) is 48.5 Å². The minimum absolute atomic E-state index is 0.164. The molecule has 0 bridgehead atoms. The Morgan fingerprint density at radius 2 is 1.36 bits per heavy atom. The second kappa shape index (κ2) is 8.49. The molecule has 2 aromatic rings. The van der Waals surface area contributed by atoms with E-state index in [1.807, 2.05) is 0 Å². The number of hydrogen-bond donors (Lipinski definition) is 3. The third-order valence-electron chi connectivity index (χ3n) is 3.05. The van der Waals surface area contributed by atoms with Crippen molar-refractivity contribution in [2.24, 2.45) is 0 Å². The molecular formula is C18H19N3O4. The summed E-state index contributed by atoms with van der Waals surface area (Å²) in [5, 5.41) is 7.97. The predicted octanol–water partition coefficient (Wildman–Crippen LogP) is 2.62. The lowest BCUT2D eigenvalue weighted by Gasteiger charge is -2.12. The highest BCUT2D eigenvalue weighted by Crippen LogP contribution is 2.23. The fourth-order valence-corrected chi connectivity index (χ4v) is 2.07. The summed E-state index contributed by atoms with van der Waals surface area (Å²) in [5.74, 6) is -0.318. The van der Waals surface area contributed by atoms with Gasteiger partial charge in [0.1, 0.15) is 5.75 Å². The fourth-order valence-electron chi connectivity index (χ4n) is 2.07. The summed E-state index contributed by atoms with van der Waals surface area (Å²) >= 11 is 0. The van der Waals surface area contributed by atoms with Gasteiger partial charge >= 0.3 is 0 Å². The average molecular weight is 341 g/mol. The molecule has 0 unspecified atom stereocenters. The minimum atomic E-state index is -0.343. The maximum absolute atomic E-state index is 12.0. The van der Waals surface area contributed by atoms with Crippen LogP contribution in [0.2, 0.25) is 0 Å². The quantitative estimate of drug-likeness (QED) is 0.752. The summed E-state index contributed by atoms with van der Waals surface area (Å²) in [6, 6.07) is 13.6. The van der Waals surface area contributed by atoms with Crippen LogP contribution in [0.5, 0.6) is 5.75 Å². The summed E-state index contributed by atoms with van der Waals surface area (Å²) < 4.78 is 5.46. The number of anilines is 3. The molecule has 0 aliphatic rings. The number of rotatable bonds is 6. The molecule has 25 heavy (non-hydrogen) atoms. The second-order valence-corrected chi connectivity index (χ2v) is 5.27. The molecule has 7 nitrogen and oxygen atoms in total. The largest absolute Gasteiger partial charge is 0.482 e. The standard InChI is InChI=1S/C18H19N3O4/c1-12(22)19-14-7-9-15(10-8-14)21-18(24)11-25-17-6-4-3-5-16(17)20-13(2)23/h3-10H,11H2,1-2H3,(H,19,22)(H,20,23)(H,21,24). The molecule has 2 aromatic carbocycles. The van der Waals surface area contributed by atoms with E-state index in [4.69, 9.17) is 4.74 Å². The zero-order valence-electron chi connectivity index (χ0n) is 14.0. The molecule has 0 spiro atoms. The number of hydrogen-bond acceptors (Lipinski definition) is 4. The van der Waals surface area contributed by atoms with Gasteiger partial charge in [0.15, 0.2) is 6.61 Å². The van der Waals surface area contributed by atoms with Crippen LogP contribution in [-0.2, 0) is 14.4 Å². The van der Waals surface area contributed by atoms with Crippen molar-refractivity contribution in [2.75, 3.05) is 22.6 Å². The maximum atomic E-state index is 12.0. The molecule has 3 N–H and O–H groups in total. The van der Waals surface area contributed by atoms with E-state index in [1.165, 1.54) is 13.8 Å². The van der Waals surface area contributed by atoms with Gasteiger partial charge in [-0.2, -0.15) is 0 Å². The first-order valence-electron chi connectivity index (χ1n) is 7.61. The van der Waals surface area contributed by atoms with Crippen molar-refractivity contribution in [2.45, 2.75) is 13.8 Å². The Morgan fingerprint density at radius 3 is 1.96 bits per heavy atom. The molecule has 0 heterocycles. The van der Waals surface area contributed by atoms with Gasteiger partial charge in [-0.15, -0.1) is 0 Å². The lowest BCUT2D eigenvalue weighted by atomic mass is 10.2. The number of carbonyl (C=O) groups is 3. The topological polar surface area (TPSA) is 96.5 Å². The first kappa shape index (κ1) is 18.0. The number of amides is 3. The number of carbonyl (C=O) groups excluding carboxylic acids is 3. The van der Waals surface area contributed by atoms with E-state index in [1.54, 1.807) is 48.5 Å². The van der Waals surface area contributed by atoms with E-state index in [0.717, 1.165) is 0 Å². The minimum Gasteiger partial charge on any atom is -0.482 e. The van der Waals surface area contributed by atoms with Gasteiger partial charge in [0.05, 0.1) is 5.69 Å². The van der Waals surface area contributed by atoms with E-state index >= 15 is 0 Å². The van der Waals surface area contributed by atoms with Crippen LogP contribution in [-0.4, -0.2) is 24.3 Å². The summed E-state index contributed by atoms with van der Waals surface area (Å²) in [7, 11) is 0. The Hall–Kier alpha value is -3.35. The van der Waals surface area contributed by atoms with Crippen LogP contribution >= 0.6 is 0 Å². The van der Waals surface area contributed by atoms with Gasteiger partial charge < -0.3 is 20.7 Å². The molecule has 0 aliphatic heterocycles. The monoisotopic (exact) mass is 341 g/mol. The van der Waals surface area contributed by atoms with Crippen LogP contribution < -0.4 is 20.7 Å². The molecule has 0 saturated carbocycles. The maximum Gasteiger partial charge on any atom is 0.262 e. The Morgan fingerprint density at radius 1 is 0.800 bits per heavy atom. The Balaban J connectivity index is 1.91. The highest BCUT2D eigenvalue weighted by atomic mass is 16.5. The summed E-state index contributed by atoms with van der Waals surface area (Å²) in [4.78, 5) is 34.1. The smallest absolute Gasteiger partial charge is 0.262 e. The Labute approximate surface area is 145 Å². The zero-order valence-corrected chi connectivity index (χ0v) is 14.0. The second-order valence-electron chi connectivity index (χ2n) is 5.27. The van der Waals surface area contributed by atoms with Gasteiger partial charge in [0, 0.05) is 25.2 Å². The molecule has 0 aromatic heterocycles.